The van der Waals surface area contributed by atoms with Gasteiger partial charge in [-0.15, -0.1) is 0 Å². The lowest BCUT2D eigenvalue weighted by Crippen LogP contribution is -2.33. The lowest BCUT2D eigenvalue weighted by molar-refractivity contribution is -0.138. The lowest BCUT2D eigenvalue weighted by Gasteiger charge is -2.22. The second kappa shape index (κ2) is 5.37. The normalized spacial score (nSPS) is 23.7. The van der Waals surface area contributed by atoms with Gasteiger partial charge in [-0.25, -0.2) is 8.42 Å². The van der Waals surface area contributed by atoms with Gasteiger partial charge in [0.05, 0.1) is 17.1 Å². The van der Waals surface area contributed by atoms with Gasteiger partial charge in [-0.3, -0.25) is 0 Å². The van der Waals surface area contributed by atoms with Crippen molar-refractivity contribution in [1.29, 1.82) is 0 Å². The van der Waals surface area contributed by atoms with E-state index in [1.165, 1.54) is 12.1 Å². The second-order valence-electron chi connectivity index (χ2n) is 5.07. The Hall–Kier alpha value is -1.08. The van der Waals surface area contributed by atoms with Crippen molar-refractivity contribution in [2.24, 2.45) is 0 Å². The molecular formula is C13H16F3NO2S. The van der Waals surface area contributed by atoms with Crippen LogP contribution in [-0.2, 0) is 16.0 Å². The van der Waals surface area contributed by atoms with Gasteiger partial charge in [0, 0.05) is 12.1 Å². The maximum atomic E-state index is 12.9. The van der Waals surface area contributed by atoms with Crippen LogP contribution in [0.2, 0.25) is 0 Å². The smallest absolute Gasteiger partial charge is 0.306 e. The van der Waals surface area contributed by atoms with Crippen LogP contribution in [0, 0.1) is 0 Å². The summed E-state index contributed by atoms with van der Waals surface area (Å²) in [7, 11) is -3.05. The van der Waals surface area contributed by atoms with E-state index < -0.39 is 27.6 Å². The van der Waals surface area contributed by atoms with Crippen LogP contribution in [0.5, 0.6) is 0 Å². The Labute approximate surface area is 116 Å². The first-order valence-corrected chi connectivity index (χ1v) is 8.14. The minimum Gasteiger partial charge on any atom is -0.306 e. The molecule has 0 aliphatic carbocycles. The van der Waals surface area contributed by atoms with Crippen molar-refractivity contribution in [2.75, 3.05) is 11.5 Å². The first kappa shape index (κ1) is 15.3. The molecule has 3 nitrogen and oxygen atoms in total. The van der Waals surface area contributed by atoms with E-state index in [0.29, 0.717) is 6.42 Å². The molecule has 0 radical (unpaired) electrons. The van der Waals surface area contributed by atoms with Crippen molar-refractivity contribution in [3.05, 3.63) is 35.4 Å². The fraction of sp³-hybridized carbons (Fsp3) is 0.538. The Kier molecular flexibility index (Phi) is 4.11. The van der Waals surface area contributed by atoms with E-state index in [1.54, 1.807) is 13.0 Å². The lowest BCUT2D eigenvalue weighted by atomic mass is 10.00. The third-order valence-corrected chi connectivity index (χ3v) is 5.22. The van der Waals surface area contributed by atoms with Crippen molar-refractivity contribution < 1.29 is 21.6 Å². The van der Waals surface area contributed by atoms with Crippen LogP contribution in [0.3, 0.4) is 0 Å². The highest BCUT2D eigenvalue weighted by molar-refractivity contribution is 7.91. The molecule has 1 aliphatic rings. The standard InChI is InChI=1S/C13H16F3NO2S/c1-9(17-10-6-7-20(18,19)8-10)11-4-2-3-5-12(11)13(14,15)16/h2-5,9-10,17H,6-8H2,1H3. The van der Waals surface area contributed by atoms with Crippen molar-refractivity contribution in [3.8, 4) is 0 Å². The highest BCUT2D eigenvalue weighted by Gasteiger charge is 2.35. The number of nitrogens with one attached hydrogen (secondary N) is 1. The predicted molar refractivity (Wildman–Crippen MR) is 70.1 cm³/mol. The van der Waals surface area contributed by atoms with Gasteiger partial charge in [0.1, 0.15) is 0 Å². The van der Waals surface area contributed by atoms with Gasteiger partial charge >= 0.3 is 6.18 Å². The van der Waals surface area contributed by atoms with E-state index in [2.05, 4.69) is 5.32 Å². The first-order chi connectivity index (χ1) is 9.19. The van der Waals surface area contributed by atoms with Crippen LogP contribution in [0.25, 0.3) is 0 Å². The van der Waals surface area contributed by atoms with E-state index >= 15 is 0 Å². The number of hydrogen-bond donors (Lipinski definition) is 1. The van der Waals surface area contributed by atoms with Gasteiger partial charge in [-0.1, -0.05) is 18.2 Å². The molecule has 20 heavy (non-hydrogen) atoms. The van der Waals surface area contributed by atoms with Crippen LogP contribution in [0.15, 0.2) is 24.3 Å². The molecule has 2 rings (SSSR count). The number of benzene rings is 1. The minimum absolute atomic E-state index is 0.00841. The van der Waals surface area contributed by atoms with Crippen molar-refractivity contribution in [1.82, 2.24) is 5.32 Å². The molecular weight excluding hydrogens is 291 g/mol. The molecule has 7 heteroatoms. The predicted octanol–water partition coefficient (Wildman–Crippen LogP) is 2.54. The molecule has 1 fully saturated rings. The number of alkyl halides is 3. The Bertz CT molecular complexity index is 584. The summed E-state index contributed by atoms with van der Waals surface area (Å²) in [6.45, 7) is 1.62. The van der Waals surface area contributed by atoms with Crippen LogP contribution in [0.4, 0.5) is 13.2 Å². The zero-order chi connectivity index (χ0) is 15.0. The van der Waals surface area contributed by atoms with Crippen molar-refractivity contribution >= 4 is 9.84 Å². The van der Waals surface area contributed by atoms with E-state index in [1.807, 2.05) is 0 Å². The van der Waals surface area contributed by atoms with E-state index in [-0.39, 0.29) is 23.1 Å². The molecule has 0 amide bonds. The van der Waals surface area contributed by atoms with E-state index in [0.717, 1.165) is 6.07 Å². The van der Waals surface area contributed by atoms with Gasteiger partial charge in [0.25, 0.3) is 0 Å². The Morgan fingerprint density at radius 3 is 2.50 bits per heavy atom. The van der Waals surface area contributed by atoms with E-state index in [4.69, 9.17) is 0 Å². The molecule has 0 bridgehead atoms. The average molecular weight is 307 g/mol. The van der Waals surface area contributed by atoms with Crippen LogP contribution >= 0.6 is 0 Å². The zero-order valence-corrected chi connectivity index (χ0v) is 11.8. The Morgan fingerprint density at radius 1 is 1.30 bits per heavy atom. The van der Waals surface area contributed by atoms with Gasteiger partial charge < -0.3 is 5.32 Å². The molecule has 0 aromatic heterocycles. The van der Waals surface area contributed by atoms with Gasteiger partial charge in [0.15, 0.2) is 9.84 Å². The van der Waals surface area contributed by atoms with Crippen molar-refractivity contribution in [2.45, 2.75) is 31.6 Å². The number of rotatable bonds is 3. The topological polar surface area (TPSA) is 46.2 Å². The molecule has 1 aliphatic heterocycles. The molecule has 2 atom stereocenters. The summed E-state index contributed by atoms with van der Waals surface area (Å²) in [6.07, 6.45) is -3.96. The summed E-state index contributed by atoms with van der Waals surface area (Å²) in [5.74, 6) is 0.0871. The highest BCUT2D eigenvalue weighted by Crippen LogP contribution is 2.34. The third-order valence-electron chi connectivity index (χ3n) is 3.45. The molecule has 0 spiro atoms. The summed E-state index contributed by atoms with van der Waals surface area (Å²) >= 11 is 0. The van der Waals surface area contributed by atoms with Crippen molar-refractivity contribution in [3.63, 3.8) is 0 Å². The zero-order valence-electron chi connectivity index (χ0n) is 10.9. The van der Waals surface area contributed by atoms with Gasteiger partial charge in [0.2, 0.25) is 0 Å². The summed E-state index contributed by atoms with van der Waals surface area (Å²) < 4.78 is 61.5. The Morgan fingerprint density at radius 2 is 1.95 bits per heavy atom. The molecule has 1 heterocycles. The quantitative estimate of drug-likeness (QED) is 0.933. The number of halogens is 3. The van der Waals surface area contributed by atoms with Crippen LogP contribution in [-0.4, -0.2) is 26.0 Å². The fourth-order valence-electron chi connectivity index (χ4n) is 2.50. The highest BCUT2D eigenvalue weighted by atomic mass is 32.2. The molecule has 1 N–H and O–H groups in total. The molecule has 112 valence electrons. The average Bonchev–Trinajstić information content (AvgIpc) is 2.67. The second-order valence-corrected chi connectivity index (χ2v) is 7.30. The fourth-order valence-corrected chi connectivity index (χ4v) is 4.19. The maximum Gasteiger partial charge on any atom is 0.416 e. The molecule has 1 saturated heterocycles. The van der Waals surface area contributed by atoms with Gasteiger partial charge in [-0.2, -0.15) is 13.2 Å². The number of sulfone groups is 1. The van der Waals surface area contributed by atoms with Gasteiger partial charge in [-0.05, 0) is 25.0 Å². The summed E-state index contributed by atoms with van der Waals surface area (Å²) in [4.78, 5) is 0. The summed E-state index contributed by atoms with van der Waals surface area (Å²) in [5, 5.41) is 2.98. The van der Waals surface area contributed by atoms with Crippen LogP contribution in [0.1, 0.15) is 30.5 Å². The number of hydrogen-bond acceptors (Lipinski definition) is 3. The molecule has 0 saturated carbocycles. The molecule has 1 aromatic carbocycles. The maximum absolute atomic E-state index is 12.9. The SMILES string of the molecule is CC(NC1CCS(=O)(=O)C1)c1ccccc1C(F)(F)F. The summed E-state index contributed by atoms with van der Waals surface area (Å²) in [6, 6.07) is 4.53. The largest absolute Gasteiger partial charge is 0.416 e. The summed E-state index contributed by atoms with van der Waals surface area (Å²) in [5.41, 5.74) is -0.537. The third kappa shape index (κ3) is 3.52. The monoisotopic (exact) mass is 307 g/mol. The molecule has 1 aromatic rings. The molecule has 2 unspecified atom stereocenters. The Balaban J connectivity index is 2.16. The first-order valence-electron chi connectivity index (χ1n) is 6.31. The van der Waals surface area contributed by atoms with E-state index in [9.17, 15) is 21.6 Å². The minimum atomic E-state index is -4.41. The van der Waals surface area contributed by atoms with Crippen LogP contribution < -0.4 is 5.32 Å².